The molecule has 2 aromatic carbocycles. The molecule has 3 aliphatic heterocycles. The van der Waals surface area contributed by atoms with E-state index in [1.807, 2.05) is 76.2 Å². The first-order valence-electron chi connectivity index (χ1n) is 12.5. The number of fused-ring (bicyclic) bond motifs is 5. The van der Waals surface area contributed by atoms with E-state index in [0.717, 1.165) is 16.0 Å². The average Bonchev–Trinajstić information content (AvgIpc) is 3.43. The fraction of sp³-hybridized carbons (Fsp3) is 0.500. The number of thioether (sulfide) groups is 1. The smallest absolute Gasteiger partial charge is 0.190 e. The zero-order valence-corrected chi connectivity index (χ0v) is 21.8. The highest BCUT2D eigenvalue weighted by Gasteiger charge is 2.71. The molecular formula is C28H33NO6S. The largest absolute Gasteiger partial charge is 0.344 e. The van der Waals surface area contributed by atoms with Crippen molar-refractivity contribution < 1.29 is 28.5 Å². The number of nitrogens with one attached hydrogen (secondary N) is 1. The molecule has 192 valence electrons. The van der Waals surface area contributed by atoms with Crippen LogP contribution < -0.4 is 5.48 Å². The first-order chi connectivity index (χ1) is 17.3. The van der Waals surface area contributed by atoms with Gasteiger partial charge in [0.1, 0.15) is 23.9 Å². The van der Waals surface area contributed by atoms with Crippen molar-refractivity contribution in [1.29, 1.82) is 0 Å². The Kier molecular flexibility index (Phi) is 6.29. The highest BCUT2D eigenvalue weighted by Crippen LogP contribution is 2.55. The molecule has 36 heavy (non-hydrogen) atoms. The van der Waals surface area contributed by atoms with E-state index in [4.69, 9.17) is 28.5 Å². The maximum Gasteiger partial charge on any atom is 0.190 e. The molecule has 7 nitrogen and oxygen atoms in total. The van der Waals surface area contributed by atoms with Crippen LogP contribution in [0.3, 0.4) is 0 Å². The van der Waals surface area contributed by atoms with Gasteiger partial charge in [-0.05, 0) is 56.4 Å². The molecule has 1 saturated carbocycles. The van der Waals surface area contributed by atoms with Gasteiger partial charge < -0.3 is 23.7 Å². The summed E-state index contributed by atoms with van der Waals surface area (Å²) in [4.78, 5) is 7.36. The van der Waals surface area contributed by atoms with Crippen LogP contribution >= 0.6 is 11.8 Å². The van der Waals surface area contributed by atoms with Crippen LogP contribution in [-0.4, -0.2) is 47.8 Å². The van der Waals surface area contributed by atoms with Crippen LogP contribution in [0.5, 0.6) is 0 Å². The summed E-state index contributed by atoms with van der Waals surface area (Å²) >= 11 is 1.67. The number of ether oxygens (including phenoxy) is 5. The molecule has 0 aromatic heterocycles. The zero-order chi connectivity index (χ0) is 25.0. The van der Waals surface area contributed by atoms with E-state index in [1.165, 1.54) is 0 Å². The van der Waals surface area contributed by atoms with Gasteiger partial charge in [-0.3, -0.25) is 4.84 Å². The SMILES string of the molecule is CC1(C)O[C@H]2[C@H]3O[C@@H]4OC(C)(C)O[C@@H]4[C@@]3(NOCc3ccccc3)/C(=C/Sc3ccccc3)C[C@H]2O1. The van der Waals surface area contributed by atoms with Gasteiger partial charge in [-0.2, -0.15) is 5.48 Å². The summed E-state index contributed by atoms with van der Waals surface area (Å²) in [6.07, 6.45) is -1.21. The van der Waals surface area contributed by atoms with E-state index in [0.29, 0.717) is 13.0 Å². The molecule has 0 bridgehead atoms. The van der Waals surface area contributed by atoms with Crippen LogP contribution in [0.15, 0.2) is 76.5 Å². The van der Waals surface area contributed by atoms with Crippen LogP contribution in [0.4, 0.5) is 0 Å². The van der Waals surface area contributed by atoms with Gasteiger partial charge in [-0.1, -0.05) is 60.3 Å². The van der Waals surface area contributed by atoms with Crippen LogP contribution in [0, 0.1) is 0 Å². The molecule has 0 amide bonds. The van der Waals surface area contributed by atoms with Crippen molar-refractivity contribution in [3.05, 3.63) is 77.2 Å². The lowest BCUT2D eigenvalue weighted by Gasteiger charge is -2.46. The summed E-state index contributed by atoms with van der Waals surface area (Å²) in [5, 5.41) is 2.19. The highest BCUT2D eigenvalue weighted by atomic mass is 32.2. The van der Waals surface area contributed by atoms with Crippen molar-refractivity contribution in [2.45, 2.75) is 93.4 Å². The molecule has 0 unspecified atom stereocenters. The van der Waals surface area contributed by atoms with Gasteiger partial charge in [0, 0.05) is 11.3 Å². The fourth-order valence-corrected chi connectivity index (χ4v) is 6.58. The van der Waals surface area contributed by atoms with E-state index in [9.17, 15) is 0 Å². The molecule has 1 aliphatic carbocycles. The molecule has 2 aromatic rings. The normalized spacial score (nSPS) is 37.0. The van der Waals surface area contributed by atoms with Crippen LogP contribution in [0.25, 0.3) is 0 Å². The molecule has 3 heterocycles. The van der Waals surface area contributed by atoms with Crippen molar-refractivity contribution in [2.75, 3.05) is 0 Å². The van der Waals surface area contributed by atoms with Crippen molar-refractivity contribution >= 4 is 11.8 Å². The topological polar surface area (TPSA) is 67.4 Å². The van der Waals surface area contributed by atoms with E-state index in [1.54, 1.807) is 11.8 Å². The lowest BCUT2D eigenvalue weighted by Crippen LogP contribution is -2.67. The second kappa shape index (κ2) is 9.22. The van der Waals surface area contributed by atoms with Crippen LogP contribution in [0.1, 0.15) is 39.7 Å². The molecule has 6 rings (SSSR count). The Hall–Kier alpha value is -1.75. The summed E-state index contributed by atoms with van der Waals surface area (Å²) in [7, 11) is 0. The predicted octanol–water partition coefficient (Wildman–Crippen LogP) is 4.92. The third kappa shape index (κ3) is 4.44. The van der Waals surface area contributed by atoms with E-state index < -0.39 is 35.6 Å². The predicted molar refractivity (Wildman–Crippen MR) is 135 cm³/mol. The van der Waals surface area contributed by atoms with E-state index >= 15 is 0 Å². The molecule has 4 aliphatic rings. The minimum atomic E-state index is -0.819. The van der Waals surface area contributed by atoms with Gasteiger partial charge in [0.25, 0.3) is 0 Å². The number of hydrogen-bond donors (Lipinski definition) is 1. The van der Waals surface area contributed by atoms with Crippen molar-refractivity contribution in [3.8, 4) is 0 Å². The standard InChI is InChI=1S/C28H33NO6S/c1-26(2)32-21-15-19(17-36-20-13-9-6-10-14-20)28(29-30-16-18-11-7-5-8-12-18)23(22(21)33-26)31-25-24(28)34-27(3,4)35-25/h5-14,17,21-25,29H,15-16H2,1-4H3/b19-17+/t21-,22-,23-,24+,25-,28-/m1/s1. The van der Waals surface area contributed by atoms with Gasteiger partial charge in [0.05, 0.1) is 12.7 Å². The second-order valence-electron chi connectivity index (χ2n) is 10.6. The molecule has 6 atom stereocenters. The second-order valence-corrected chi connectivity index (χ2v) is 11.6. The van der Waals surface area contributed by atoms with Gasteiger partial charge in [0.2, 0.25) is 0 Å². The Morgan fingerprint density at radius 3 is 2.33 bits per heavy atom. The Labute approximate surface area is 216 Å². The Morgan fingerprint density at radius 1 is 0.889 bits per heavy atom. The lowest BCUT2D eigenvalue weighted by atomic mass is 9.71. The number of benzene rings is 2. The molecule has 4 fully saturated rings. The Morgan fingerprint density at radius 2 is 1.58 bits per heavy atom. The van der Waals surface area contributed by atoms with Crippen LogP contribution in [-0.2, 0) is 35.1 Å². The quantitative estimate of drug-likeness (QED) is 0.433. The molecule has 1 N–H and O–H groups in total. The lowest BCUT2D eigenvalue weighted by molar-refractivity contribution is -0.238. The Balaban J connectivity index is 1.38. The first-order valence-corrected chi connectivity index (χ1v) is 13.3. The minimum absolute atomic E-state index is 0.150. The summed E-state index contributed by atoms with van der Waals surface area (Å²) in [6.45, 7) is 8.11. The number of hydroxylamine groups is 1. The summed E-state index contributed by atoms with van der Waals surface area (Å²) in [6, 6.07) is 20.4. The average molecular weight is 512 g/mol. The fourth-order valence-electron chi connectivity index (χ4n) is 5.69. The summed E-state index contributed by atoms with van der Waals surface area (Å²) in [5.74, 6) is -1.49. The minimum Gasteiger partial charge on any atom is -0.344 e. The third-order valence-electron chi connectivity index (χ3n) is 7.11. The molecule has 8 heteroatoms. The zero-order valence-electron chi connectivity index (χ0n) is 21.0. The maximum absolute atomic E-state index is 6.58. The molecule has 3 saturated heterocycles. The van der Waals surface area contributed by atoms with Gasteiger partial charge in [-0.25, -0.2) is 0 Å². The van der Waals surface area contributed by atoms with Crippen molar-refractivity contribution in [3.63, 3.8) is 0 Å². The van der Waals surface area contributed by atoms with Gasteiger partial charge in [0.15, 0.2) is 17.9 Å². The third-order valence-corrected chi connectivity index (χ3v) is 8.06. The van der Waals surface area contributed by atoms with Gasteiger partial charge >= 0.3 is 0 Å². The molecule has 0 spiro atoms. The molecule has 0 radical (unpaired) electrons. The molecular weight excluding hydrogens is 478 g/mol. The number of hydrogen-bond acceptors (Lipinski definition) is 8. The van der Waals surface area contributed by atoms with Crippen molar-refractivity contribution in [1.82, 2.24) is 5.48 Å². The Bertz CT molecular complexity index is 1110. The summed E-state index contributed by atoms with van der Waals surface area (Å²) < 4.78 is 32.0. The maximum atomic E-state index is 6.58. The van der Waals surface area contributed by atoms with Crippen LogP contribution in [0.2, 0.25) is 0 Å². The summed E-state index contributed by atoms with van der Waals surface area (Å²) in [5.41, 5.74) is 4.77. The first kappa shape index (κ1) is 24.6. The van der Waals surface area contributed by atoms with Crippen molar-refractivity contribution in [2.24, 2.45) is 0 Å². The van der Waals surface area contributed by atoms with E-state index in [2.05, 4.69) is 23.0 Å². The highest BCUT2D eigenvalue weighted by molar-refractivity contribution is 8.02. The monoisotopic (exact) mass is 511 g/mol. The number of rotatable bonds is 6. The van der Waals surface area contributed by atoms with E-state index in [-0.39, 0.29) is 12.2 Å². The van der Waals surface area contributed by atoms with Gasteiger partial charge in [-0.15, -0.1) is 0 Å².